The van der Waals surface area contributed by atoms with E-state index in [1.807, 2.05) is 50.2 Å². The van der Waals surface area contributed by atoms with E-state index in [4.69, 9.17) is 4.74 Å². The molecule has 0 aliphatic carbocycles. The van der Waals surface area contributed by atoms with Gasteiger partial charge in [0.25, 0.3) is 11.5 Å². The number of aryl methyl sites for hydroxylation is 2. The van der Waals surface area contributed by atoms with Crippen LogP contribution in [-0.2, 0) is 16.1 Å². The van der Waals surface area contributed by atoms with Crippen LogP contribution in [-0.4, -0.2) is 50.8 Å². The molecule has 1 aliphatic heterocycles. The molecular weight excluding hydrogens is 460 g/mol. The SMILES string of the molecule is CCOC(=O)C1CCCN(C(=O)c2nn(-c3ccc(C)cc3)c(=O)n(Cc3cccc(C)c3)c2=O)C1. The number of amides is 1. The number of nitrogens with zero attached hydrogens (tertiary/aromatic N) is 4. The van der Waals surface area contributed by atoms with Gasteiger partial charge in [-0.2, -0.15) is 9.78 Å². The van der Waals surface area contributed by atoms with Crippen molar-refractivity contribution in [2.75, 3.05) is 19.7 Å². The monoisotopic (exact) mass is 490 g/mol. The molecule has 9 nitrogen and oxygen atoms in total. The molecule has 0 saturated carbocycles. The standard InChI is InChI=1S/C27H30N4O5/c1-4-36-26(34)21-9-6-14-29(17-21)24(32)23-25(33)30(16-20-8-5-7-19(3)15-20)27(35)31(28-23)22-12-10-18(2)11-13-22/h5,7-8,10-13,15,21H,4,6,9,14,16-17H2,1-3H3. The van der Waals surface area contributed by atoms with E-state index < -0.39 is 23.1 Å². The van der Waals surface area contributed by atoms with Gasteiger partial charge < -0.3 is 9.64 Å². The molecule has 1 saturated heterocycles. The maximum absolute atomic E-state index is 13.5. The summed E-state index contributed by atoms with van der Waals surface area (Å²) in [7, 11) is 0. The van der Waals surface area contributed by atoms with Crippen molar-refractivity contribution < 1.29 is 14.3 Å². The molecule has 188 valence electrons. The summed E-state index contributed by atoms with van der Waals surface area (Å²) in [4.78, 5) is 54.1. The van der Waals surface area contributed by atoms with Crippen LogP contribution in [0.4, 0.5) is 0 Å². The van der Waals surface area contributed by atoms with Crippen LogP contribution in [0.15, 0.2) is 58.1 Å². The quantitative estimate of drug-likeness (QED) is 0.492. The molecule has 1 amide bonds. The average Bonchev–Trinajstić information content (AvgIpc) is 2.87. The second kappa shape index (κ2) is 10.7. The number of esters is 1. The van der Waals surface area contributed by atoms with Crippen molar-refractivity contribution in [2.45, 2.75) is 40.2 Å². The summed E-state index contributed by atoms with van der Waals surface area (Å²) in [6.45, 7) is 6.37. The van der Waals surface area contributed by atoms with Crippen LogP contribution in [0, 0.1) is 19.8 Å². The number of carbonyl (C=O) groups excluding carboxylic acids is 2. The van der Waals surface area contributed by atoms with Crippen LogP contribution in [0.3, 0.4) is 0 Å². The van der Waals surface area contributed by atoms with Crippen molar-refractivity contribution >= 4 is 11.9 Å². The number of rotatable bonds is 6. The molecule has 1 fully saturated rings. The lowest BCUT2D eigenvalue weighted by Crippen LogP contribution is -2.49. The largest absolute Gasteiger partial charge is 0.466 e. The minimum atomic E-state index is -0.756. The molecule has 0 bridgehead atoms. The van der Waals surface area contributed by atoms with E-state index in [9.17, 15) is 19.2 Å². The van der Waals surface area contributed by atoms with Crippen LogP contribution < -0.4 is 11.2 Å². The first kappa shape index (κ1) is 25.1. The fourth-order valence-corrected chi connectivity index (χ4v) is 4.40. The Bertz CT molecular complexity index is 1390. The fraction of sp³-hybridized carbons (Fsp3) is 0.370. The topological polar surface area (TPSA) is 104 Å². The zero-order valence-corrected chi connectivity index (χ0v) is 20.8. The maximum Gasteiger partial charge on any atom is 0.352 e. The van der Waals surface area contributed by atoms with Gasteiger partial charge in [-0.3, -0.25) is 19.0 Å². The molecular formula is C27H30N4O5. The smallest absolute Gasteiger partial charge is 0.352 e. The van der Waals surface area contributed by atoms with Crippen molar-refractivity contribution in [1.82, 2.24) is 19.2 Å². The van der Waals surface area contributed by atoms with Crippen molar-refractivity contribution in [1.29, 1.82) is 0 Å². The van der Waals surface area contributed by atoms with E-state index in [2.05, 4.69) is 5.10 Å². The normalized spacial score (nSPS) is 15.5. The Morgan fingerprint density at radius 1 is 1.06 bits per heavy atom. The third-order valence-corrected chi connectivity index (χ3v) is 6.29. The van der Waals surface area contributed by atoms with Gasteiger partial charge in [-0.15, -0.1) is 0 Å². The second-order valence-corrected chi connectivity index (χ2v) is 9.10. The zero-order chi connectivity index (χ0) is 25.8. The first-order valence-corrected chi connectivity index (χ1v) is 12.1. The van der Waals surface area contributed by atoms with Gasteiger partial charge in [0.15, 0.2) is 0 Å². The molecule has 1 unspecified atom stereocenters. The molecule has 3 aromatic rings. The molecule has 1 aliphatic rings. The molecule has 2 heterocycles. The summed E-state index contributed by atoms with van der Waals surface area (Å²) in [6, 6.07) is 14.6. The van der Waals surface area contributed by atoms with Crippen LogP contribution in [0.1, 0.15) is 46.9 Å². The number of aromatic nitrogens is 3. The van der Waals surface area contributed by atoms with Crippen LogP contribution in [0.2, 0.25) is 0 Å². The highest BCUT2D eigenvalue weighted by molar-refractivity contribution is 5.92. The zero-order valence-electron chi connectivity index (χ0n) is 20.8. The van der Waals surface area contributed by atoms with Crippen molar-refractivity contribution in [2.24, 2.45) is 5.92 Å². The average molecular weight is 491 g/mol. The number of ether oxygens (including phenoxy) is 1. The summed E-state index contributed by atoms with van der Waals surface area (Å²) < 4.78 is 7.27. The molecule has 9 heteroatoms. The molecule has 1 atom stereocenters. The minimum Gasteiger partial charge on any atom is -0.466 e. The number of benzene rings is 2. The highest BCUT2D eigenvalue weighted by Gasteiger charge is 2.32. The predicted octanol–water partition coefficient (Wildman–Crippen LogP) is 2.47. The second-order valence-electron chi connectivity index (χ2n) is 9.10. The van der Waals surface area contributed by atoms with Gasteiger partial charge in [-0.05, 0) is 51.3 Å². The number of piperidine rings is 1. The van der Waals surface area contributed by atoms with Gasteiger partial charge in [0, 0.05) is 13.1 Å². The molecule has 0 radical (unpaired) electrons. The summed E-state index contributed by atoms with van der Waals surface area (Å²) in [5.41, 5.74) is 1.44. The highest BCUT2D eigenvalue weighted by atomic mass is 16.5. The highest BCUT2D eigenvalue weighted by Crippen LogP contribution is 2.19. The number of likely N-dealkylation sites (tertiary alicyclic amines) is 1. The van der Waals surface area contributed by atoms with E-state index >= 15 is 0 Å². The van der Waals surface area contributed by atoms with Crippen LogP contribution >= 0.6 is 0 Å². The Hall–Kier alpha value is -4.01. The Morgan fingerprint density at radius 2 is 1.81 bits per heavy atom. The Morgan fingerprint density at radius 3 is 2.50 bits per heavy atom. The Balaban J connectivity index is 1.78. The molecule has 36 heavy (non-hydrogen) atoms. The van der Waals surface area contributed by atoms with Crippen molar-refractivity contribution in [3.8, 4) is 5.69 Å². The van der Waals surface area contributed by atoms with E-state index in [0.717, 1.165) is 25.9 Å². The third kappa shape index (κ3) is 5.30. The van der Waals surface area contributed by atoms with E-state index in [0.29, 0.717) is 25.1 Å². The molecule has 0 spiro atoms. The minimum absolute atomic E-state index is 0.000537. The molecule has 2 aromatic carbocycles. The third-order valence-electron chi connectivity index (χ3n) is 6.29. The van der Waals surface area contributed by atoms with E-state index in [1.165, 1.54) is 4.90 Å². The molecule has 1 aromatic heterocycles. The fourth-order valence-electron chi connectivity index (χ4n) is 4.40. The van der Waals surface area contributed by atoms with Crippen molar-refractivity contribution in [3.05, 3.63) is 91.8 Å². The lowest BCUT2D eigenvalue weighted by molar-refractivity contribution is -0.149. The van der Waals surface area contributed by atoms with Gasteiger partial charge in [0.1, 0.15) is 0 Å². The van der Waals surface area contributed by atoms with E-state index in [1.54, 1.807) is 19.1 Å². The first-order chi connectivity index (χ1) is 17.3. The summed E-state index contributed by atoms with van der Waals surface area (Å²) in [5.74, 6) is -1.42. The lowest BCUT2D eigenvalue weighted by atomic mass is 9.98. The predicted molar refractivity (Wildman–Crippen MR) is 134 cm³/mol. The van der Waals surface area contributed by atoms with Crippen molar-refractivity contribution in [3.63, 3.8) is 0 Å². The summed E-state index contributed by atoms with van der Waals surface area (Å²) in [6.07, 6.45) is 1.21. The van der Waals surface area contributed by atoms with Gasteiger partial charge in [0.05, 0.1) is 24.8 Å². The number of hydrogen-bond donors (Lipinski definition) is 0. The van der Waals surface area contributed by atoms with Gasteiger partial charge >= 0.3 is 11.7 Å². The Labute approximate surface area is 208 Å². The van der Waals surface area contributed by atoms with Crippen LogP contribution in [0.5, 0.6) is 0 Å². The molecule has 0 N–H and O–H groups in total. The van der Waals surface area contributed by atoms with Crippen LogP contribution in [0.25, 0.3) is 5.69 Å². The lowest BCUT2D eigenvalue weighted by Gasteiger charge is -2.31. The van der Waals surface area contributed by atoms with Gasteiger partial charge in [0.2, 0.25) is 5.69 Å². The summed E-state index contributed by atoms with van der Waals surface area (Å²) in [5, 5.41) is 4.24. The maximum atomic E-state index is 13.5. The summed E-state index contributed by atoms with van der Waals surface area (Å²) >= 11 is 0. The van der Waals surface area contributed by atoms with Gasteiger partial charge in [-0.25, -0.2) is 4.79 Å². The number of hydrogen-bond acceptors (Lipinski definition) is 6. The van der Waals surface area contributed by atoms with E-state index in [-0.39, 0.29) is 31.4 Å². The van der Waals surface area contributed by atoms with Gasteiger partial charge in [-0.1, -0.05) is 47.5 Å². The molecule has 4 rings (SSSR count). The number of carbonyl (C=O) groups is 2. The Kier molecular flexibility index (Phi) is 7.47. The first-order valence-electron chi connectivity index (χ1n) is 12.1.